The molecule has 0 atom stereocenters. The number of methoxy groups -OCH3 is 1. The zero-order valence-electron chi connectivity index (χ0n) is 9.01. The molecule has 0 saturated heterocycles. The Morgan fingerprint density at radius 2 is 2.20 bits per heavy atom. The van der Waals surface area contributed by atoms with E-state index in [4.69, 9.17) is 4.74 Å². The molecule has 80 valence electrons. The summed E-state index contributed by atoms with van der Waals surface area (Å²) >= 11 is 0. The first kappa shape index (κ1) is 9.85. The molecule has 0 aromatic carbocycles. The maximum absolute atomic E-state index is 5.02. The molecule has 0 aliphatic carbocycles. The van der Waals surface area contributed by atoms with Crippen molar-refractivity contribution in [2.75, 3.05) is 7.11 Å². The van der Waals surface area contributed by atoms with Crippen LogP contribution in [0.3, 0.4) is 0 Å². The van der Waals surface area contributed by atoms with E-state index in [9.17, 15) is 0 Å². The molecule has 0 unspecified atom stereocenters. The average Bonchev–Trinajstić information content (AvgIpc) is 2.75. The molecule has 0 aliphatic heterocycles. The van der Waals surface area contributed by atoms with E-state index in [1.54, 1.807) is 22.7 Å². The molecule has 0 radical (unpaired) electrons. The van der Waals surface area contributed by atoms with Crippen LogP contribution in [0.5, 0.6) is 0 Å². The summed E-state index contributed by atoms with van der Waals surface area (Å²) in [6, 6.07) is 0. The Morgan fingerprint density at radius 3 is 2.80 bits per heavy atom. The van der Waals surface area contributed by atoms with Crippen LogP contribution in [0.15, 0.2) is 12.4 Å². The fourth-order valence-corrected chi connectivity index (χ4v) is 1.33. The molecule has 2 aromatic rings. The zero-order valence-corrected chi connectivity index (χ0v) is 9.01. The lowest BCUT2D eigenvalue weighted by Crippen LogP contribution is -2.00. The number of aryl methyl sites for hydroxylation is 2. The lowest BCUT2D eigenvalue weighted by molar-refractivity contribution is 0.174. The Hall–Kier alpha value is -1.69. The second-order valence-corrected chi connectivity index (χ2v) is 3.31. The first-order chi connectivity index (χ1) is 7.20. The Morgan fingerprint density at radius 1 is 1.40 bits per heavy atom. The SMILES string of the molecule is COCc1nc(-c2cnn(C)c2)nn1C. The van der Waals surface area contributed by atoms with Crippen molar-refractivity contribution in [1.82, 2.24) is 24.5 Å². The van der Waals surface area contributed by atoms with Crippen molar-refractivity contribution < 1.29 is 4.74 Å². The van der Waals surface area contributed by atoms with Crippen LogP contribution in [0.25, 0.3) is 11.4 Å². The van der Waals surface area contributed by atoms with Crippen LogP contribution < -0.4 is 0 Å². The largest absolute Gasteiger partial charge is 0.377 e. The fraction of sp³-hybridized carbons (Fsp3) is 0.444. The van der Waals surface area contributed by atoms with Gasteiger partial charge in [-0.15, -0.1) is 0 Å². The molecule has 0 spiro atoms. The van der Waals surface area contributed by atoms with E-state index < -0.39 is 0 Å². The summed E-state index contributed by atoms with van der Waals surface area (Å²) in [6.07, 6.45) is 3.62. The third-order valence-corrected chi connectivity index (χ3v) is 2.09. The Kier molecular flexibility index (Phi) is 2.51. The van der Waals surface area contributed by atoms with Gasteiger partial charge in [0.05, 0.1) is 11.8 Å². The van der Waals surface area contributed by atoms with Gasteiger partial charge in [0.2, 0.25) is 0 Å². The highest BCUT2D eigenvalue weighted by molar-refractivity contribution is 5.51. The summed E-state index contributed by atoms with van der Waals surface area (Å²) in [6.45, 7) is 0.462. The average molecular weight is 207 g/mol. The van der Waals surface area contributed by atoms with Crippen molar-refractivity contribution in [3.63, 3.8) is 0 Å². The number of hydrogen-bond acceptors (Lipinski definition) is 4. The minimum Gasteiger partial charge on any atom is -0.377 e. The van der Waals surface area contributed by atoms with Gasteiger partial charge in [0, 0.05) is 27.4 Å². The second kappa shape index (κ2) is 3.82. The molecular weight excluding hydrogens is 194 g/mol. The first-order valence-electron chi connectivity index (χ1n) is 4.58. The maximum atomic E-state index is 5.02. The van der Waals surface area contributed by atoms with E-state index >= 15 is 0 Å². The smallest absolute Gasteiger partial charge is 0.184 e. The van der Waals surface area contributed by atoms with Crippen LogP contribution in [0.1, 0.15) is 5.82 Å². The summed E-state index contributed by atoms with van der Waals surface area (Å²) in [5.74, 6) is 1.48. The molecule has 0 fully saturated rings. The van der Waals surface area contributed by atoms with Crippen molar-refractivity contribution >= 4 is 0 Å². The number of ether oxygens (including phenoxy) is 1. The number of rotatable bonds is 3. The molecule has 0 bridgehead atoms. The minimum absolute atomic E-state index is 0.462. The predicted molar refractivity (Wildman–Crippen MR) is 53.9 cm³/mol. The van der Waals surface area contributed by atoms with Crippen LogP contribution in [0.4, 0.5) is 0 Å². The molecule has 6 nitrogen and oxygen atoms in total. The molecule has 2 rings (SSSR count). The van der Waals surface area contributed by atoms with Gasteiger partial charge in [-0.05, 0) is 0 Å². The predicted octanol–water partition coefficient (Wildman–Crippen LogP) is 0.362. The van der Waals surface area contributed by atoms with Crippen LogP contribution in [0.2, 0.25) is 0 Å². The van der Waals surface area contributed by atoms with Crippen molar-refractivity contribution in [1.29, 1.82) is 0 Å². The van der Waals surface area contributed by atoms with E-state index in [1.165, 1.54) is 0 Å². The van der Waals surface area contributed by atoms with E-state index in [1.807, 2.05) is 20.3 Å². The highest BCUT2D eigenvalue weighted by Gasteiger charge is 2.09. The first-order valence-corrected chi connectivity index (χ1v) is 4.58. The third kappa shape index (κ3) is 1.89. The van der Waals surface area contributed by atoms with Crippen LogP contribution in [-0.4, -0.2) is 31.7 Å². The Balaban J connectivity index is 2.33. The van der Waals surface area contributed by atoms with Crippen molar-refractivity contribution in [2.24, 2.45) is 14.1 Å². The highest BCUT2D eigenvalue weighted by Crippen LogP contribution is 2.13. The van der Waals surface area contributed by atoms with Gasteiger partial charge in [-0.3, -0.25) is 9.36 Å². The lowest BCUT2D eigenvalue weighted by Gasteiger charge is -1.94. The quantitative estimate of drug-likeness (QED) is 0.729. The molecule has 0 aliphatic rings. The maximum Gasteiger partial charge on any atom is 0.184 e. The van der Waals surface area contributed by atoms with E-state index in [0.29, 0.717) is 12.4 Å². The van der Waals surface area contributed by atoms with Gasteiger partial charge in [0.15, 0.2) is 11.6 Å². The van der Waals surface area contributed by atoms with Crippen molar-refractivity contribution in [2.45, 2.75) is 6.61 Å². The van der Waals surface area contributed by atoms with Crippen LogP contribution in [-0.2, 0) is 25.4 Å². The zero-order chi connectivity index (χ0) is 10.8. The van der Waals surface area contributed by atoms with Gasteiger partial charge in [-0.2, -0.15) is 10.2 Å². The summed E-state index contributed by atoms with van der Waals surface area (Å²) in [5, 5.41) is 8.36. The van der Waals surface area contributed by atoms with E-state index in [-0.39, 0.29) is 0 Å². The molecule has 15 heavy (non-hydrogen) atoms. The molecule has 0 amide bonds. The monoisotopic (exact) mass is 207 g/mol. The van der Waals surface area contributed by atoms with Gasteiger partial charge >= 0.3 is 0 Å². The third-order valence-electron chi connectivity index (χ3n) is 2.09. The number of aromatic nitrogens is 5. The van der Waals surface area contributed by atoms with Crippen LogP contribution >= 0.6 is 0 Å². The molecule has 2 heterocycles. The second-order valence-electron chi connectivity index (χ2n) is 3.31. The summed E-state index contributed by atoms with van der Waals surface area (Å²) in [4.78, 5) is 4.36. The van der Waals surface area contributed by atoms with Gasteiger partial charge in [0.1, 0.15) is 6.61 Å². The topological polar surface area (TPSA) is 57.8 Å². The Bertz CT molecular complexity index is 459. The van der Waals surface area contributed by atoms with E-state index in [2.05, 4.69) is 15.2 Å². The number of hydrogen-bond donors (Lipinski definition) is 0. The van der Waals surface area contributed by atoms with Crippen LogP contribution in [0, 0.1) is 0 Å². The van der Waals surface area contributed by atoms with Gasteiger partial charge in [-0.1, -0.05) is 0 Å². The molecular formula is C9H13N5O. The fourth-order valence-electron chi connectivity index (χ4n) is 1.33. The van der Waals surface area contributed by atoms with E-state index in [0.717, 1.165) is 11.4 Å². The normalized spacial score (nSPS) is 10.9. The van der Waals surface area contributed by atoms with Crippen molar-refractivity contribution in [3.05, 3.63) is 18.2 Å². The molecule has 6 heteroatoms. The molecule has 2 aromatic heterocycles. The van der Waals surface area contributed by atoms with Gasteiger partial charge in [0.25, 0.3) is 0 Å². The summed E-state index contributed by atoms with van der Waals surface area (Å²) < 4.78 is 8.46. The Labute approximate surface area is 87.5 Å². The summed E-state index contributed by atoms with van der Waals surface area (Å²) in [5.41, 5.74) is 0.912. The van der Waals surface area contributed by atoms with Crippen molar-refractivity contribution in [3.8, 4) is 11.4 Å². The highest BCUT2D eigenvalue weighted by atomic mass is 16.5. The standard InChI is InChI=1S/C9H13N5O/c1-13-5-7(4-10-13)9-11-8(6-15-3)14(2)12-9/h4-5H,6H2,1-3H3. The van der Waals surface area contributed by atoms with Gasteiger partial charge < -0.3 is 4.74 Å². The summed E-state index contributed by atoms with van der Waals surface area (Å²) in [7, 11) is 5.35. The minimum atomic E-state index is 0.462. The van der Waals surface area contributed by atoms with Gasteiger partial charge in [-0.25, -0.2) is 4.98 Å². The lowest BCUT2D eigenvalue weighted by atomic mass is 10.3. The molecule has 0 saturated carbocycles. The molecule has 0 N–H and O–H groups in total. The number of nitrogens with zero attached hydrogens (tertiary/aromatic N) is 5.